The quantitative estimate of drug-likeness (QED) is 0.523. The summed E-state index contributed by atoms with van der Waals surface area (Å²) in [5, 5.41) is 2.92. The van der Waals surface area contributed by atoms with E-state index in [1.54, 1.807) is 42.5 Å². The van der Waals surface area contributed by atoms with Crippen molar-refractivity contribution in [2.75, 3.05) is 10.2 Å². The van der Waals surface area contributed by atoms with Crippen LogP contribution in [0.1, 0.15) is 11.1 Å². The van der Waals surface area contributed by atoms with E-state index in [4.69, 9.17) is 11.6 Å². The number of halogens is 4. The van der Waals surface area contributed by atoms with E-state index < -0.39 is 23.6 Å². The van der Waals surface area contributed by atoms with Crippen molar-refractivity contribution in [3.8, 4) is 0 Å². The number of nitrogens with one attached hydrogen (secondary N) is 1. The number of benzene rings is 3. The van der Waals surface area contributed by atoms with Crippen LogP contribution in [0.2, 0.25) is 5.02 Å². The molecule has 0 bridgehead atoms. The van der Waals surface area contributed by atoms with E-state index in [1.807, 2.05) is 0 Å². The third-order valence-corrected chi connectivity index (χ3v) is 5.02. The summed E-state index contributed by atoms with van der Waals surface area (Å²) >= 11 is 6.20. The summed E-state index contributed by atoms with van der Waals surface area (Å²) in [6, 6.07) is 19.2. The fraction of sp³-hybridized carbons (Fsp3) is 0.0435. The number of carbonyl (C=O) groups excluding carboxylic acids is 2. The molecule has 31 heavy (non-hydrogen) atoms. The molecule has 0 aromatic heterocycles. The summed E-state index contributed by atoms with van der Waals surface area (Å²) in [5.41, 5.74) is -0.295. The predicted octanol–water partition coefficient (Wildman–Crippen LogP) is 5.76. The molecule has 3 aromatic rings. The number of imide groups is 1. The maximum atomic E-state index is 13.3. The Labute approximate surface area is 180 Å². The standard InChI is InChI=1S/C23H14ClF3N2O2/c24-17-11-4-5-12-18(17)29-21(30)19(14-7-2-1-3-8-14)20(22(29)31)28-16-10-6-9-15(13-16)23(25,26)27/h1-13,28H. The first-order valence-corrected chi connectivity index (χ1v) is 9.52. The number of amides is 2. The highest BCUT2D eigenvalue weighted by atomic mass is 35.5. The highest BCUT2D eigenvalue weighted by Crippen LogP contribution is 2.37. The molecule has 0 atom stereocenters. The van der Waals surface area contributed by atoms with Crippen LogP contribution in [0.3, 0.4) is 0 Å². The van der Waals surface area contributed by atoms with Gasteiger partial charge in [-0.15, -0.1) is 0 Å². The molecule has 0 fully saturated rings. The van der Waals surface area contributed by atoms with Gasteiger partial charge in [0.25, 0.3) is 11.8 Å². The Morgan fingerprint density at radius 1 is 0.806 bits per heavy atom. The summed E-state index contributed by atoms with van der Waals surface area (Å²) in [4.78, 5) is 27.4. The molecule has 3 aromatic carbocycles. The SMILES string of the molecule is O=C1C(Nc2cccc(C(F)(F)F)c2)=C(c2ccccc2)C(=O)N1c1ccccc1Cl. The average Bonchev–Trinajstić information content (AvgIpc) is 2.98. The Morgan fingerprint density at radius 3 is 2.16 bits per heavy atom. The lowest BCUT2D eigenvalue weighted by atomic mass is 10.0. The first kappa shape index (κ1) is 20.7. The summed E-state index contributed by atoms with van der Waals surface area (Å²) in [7, 11) is 0. The molecule has 0 aliphatic carbocycles. The highest BCUT2D eigenvalue weighted by Gasteiger charge is 2.41. The second kappa shape index (κ2) is 7.92. The molecule has 1 heterocycles. The number of carbonyl (C=O) groups is 2. The fourth-order valence-corrected chi connectivity index (χ4v) is 3.51. The molecule has 8 heteroatoms. The third kappa shape index (κ3) is 3.92. The second-order valence-corrected chi connectivity index (χ2v) is 7.12. The minimum absolute atomic E-state index is 0.0282. The first-order chi connectivity index (χ1) is 14.8. The van der Waals surface area contributed by atoms with Gasteiger partial charge < -0.3 is 5.32 Å². The molecule has 4 nitrogen and oxygen atoms in total. The van der Waals surface area contributed by atoms with E-state index in [9.17, 15) is 22.8 Å². The van der Waals surface area contributed by atoms with Crippen LogP contribution >= 0.6 is 11.6 Å². The lowest BCUT2D eigenvalue weighted by Gasteiger charge is -2.17. The van der Waals surface area contributed by atoms with Gasteiger partial charge in [0.1, 0.15) is 5.70 Å². The van der Waals surface area contributed by atoms with Crippen LogP contribution in [0.5, 0.6) is 0 Å². The minimum Gasteiger partial charge on any atom is -0.350 e. The van der Waals surface area contributed by atoms with Crippen molar-refractivity contribution in [2.45, 2.75) is 6.18 Å². The molecule has 156 valence electrons. The normalized spacial score (nSPS) is 14.4. The molecule has 1 N–H and O–H groups in total. The van der Waals surface area contributed by atoms with Crippen LogP contribution in [-0.4, -0.2) is 11.8 Å². The van der Waals surface area contributed by atoms with Crippen molar-refractivity contribution in [3.63, 3.8) is 0 Å². The van der Waals surface area contributed by atoms with Crippen LogP contribution in [0.25, 0.3) is 5.57 Å². The van der Waals surface area contributed by atoms with Crippen LogP contribution in [0, 0.1) is 0 Å². The van der Waals surface area contributed by atoms with Crippen LogP contribution in [0.15, 0.2) is 84.6 Å². The Bertz CT molecular complexity index is 1210. The largest absolute Gasteiger partial charge is 0.416 e. The van der Waals surface area contributed by atoms with E-state index in [1.165, 1.54) is 24.3 Å². The maximum absolute atomic E-state index is 13.3. The molecule has 0 saturated carbocycles. The number of hydrogen-bond acceptors (Lipinski definition) is 3. The van der Waals surface area contributed by atoms with Crippen LogP contribution in [0.4, 0.5) is 24.5 Å². The molecule has 4 rings (SSSR count). The van der Waals surface area contributed by atoms with Crippen molar-refractivity contribution in [1.29, 1.82) is 0 Å². The van der Waals surface area contributed by atoms with E-state index in [0.717, 1.165) is 17.0 Å². The van der Waals surface area contributed by atoms with Gasteiger partial charge in [0.05, 0.1) is 21.8 Å². The zero-order chi connectivity index (χ0) is 22.2. The summed E-state index contributed by atoms with van der Waals surface area (Å²) in [6.07, 6.45) is -4.55. The number of para-hydroxylation sites is 1. The number of alkyl halides is 3. The Hall–Kier alpha value is -3.58. The lowest BCUT2D eigenvalue weighted by Crippen LogP contribution is -2.32. The van der Waals surface area contributed by atoms with Gasteiger partial charge in [0, 0.05) is 5.69 Å². The molecule has 0 unspecified atom stereocenters. The first-order valence-electron chi connectivity index (χ1n) is 9.14. The fourth-order valence-electron chi connectivity index (χ4n) is 3.29. The molecule has 0 saturated heterocycles. The van der Waals surface area contributed by atoms with E-state index in [-0.39, 0.29) is 27.7 Å². The summed E-state index contributed by atoms with van der Waals surface area (Å²) < 4.78 is 39.3. The van der Waals surface area contributed by atoms with Crippen LogP contribution < -0.4 is 10.2 Å². The number of anilines is 2. The molecular weight excluding hydrogens is 429 g/mol. The zero-order valence-electron chi connectivity index (χ0n) is 15.8. The van der Waals surface area contributed by atoms with Gasteiger partial charge in [-0.25, -0.2) is 4.90 Å². The van der Waals surface area contributed by atoms with E-state index in [0.29, 0.717) is 5.56 Å². The van der Waals surface area contributed by atoms with Crippen LogP contribution in [-0.2, 0) is 15.8 Å². The van der Waals surface area contributed by atoms with Gasteiger partial charge in [0.2, 0.25) is 0 Å². The highest BCUT2D eigenvalue weighted by molar-refractivity contribution is 6.48. The van der Waals surface area contributed by atoms with Crippen molar-refractivity contribution in [3.05, 3.63) is 101 Å². The second-order valence-electron chi connectivity index (χ2n) is 6.72. The van der Waals surface area contributed by atoms with Crippen molar-refractivity contribution < 1.29 is 22.8 Å². The smallest absolute Gasteiger partial charge is 0.350 e. The molecular formula is C23H14ClF3N2O2. The number of hydrogen-bond donors (Lipinski definition) is 1. The zero-order valence-corrected chi connectivity index (χ0v) is 16.5. The molecule has 2 amide bonds. The van der Waals surface area contributed by atoms with Gasteiger partial charge >= 0.3 is 6.18 Å². The van der Waals surface area contributed by atoms with Gasteiger partial charge in [0.15, 0.2) is 0 Å². The minimum atomic E-state index is -4.55. The Morgan fingerprint density at radius 2 is 1.48 bits per heavy atom. The Kier molecular flexibility index (Phi) is 5.29. The average molecular weight is 443 g/mol. The van der Waals surface area contributed by atoms with Gasteiger partial charge in [-0.3, -0.25) is 9.59 Å². The number of rotatable bonds is 4. The van der Waals surface area contributed by atoms with Crippen molar-refractivity contribution >= 4 is 40.4 Å². The Balaban J connectivity index is 1.82. The topological polar surface area (TPSA) is 49.4 Å². The van der Waals surface area contributed by atoms with Crippen molar-refractivity contribution in [2.24, 2.45) is 0 Å². The molecule has 1 aliphatic rings. The number of nitrogens with zero attached hydrogens (tertiary/aromatic N) is 1. The third-order valence-electron chi connectivity index (χ3n) is 4.70. The molecule has 1 aliphatic heterocycles. The van der Waals surface area contributed by atoms with Gasteiger partial charge in [-0.1, -0.05) is 60.1 Å². The lowest BCUT2D eigenvalue weighted by molar-refractivity contribution is -0.137. The van der Waals surface area contributed by atoms with Gasteiger partial charge in [-0.2, -0.15) is 13.2 Å². The predicted molar refractivity (Wildman–Crippen MR) is 112 cm³/mol. The molecule has 0 spiro atoms. The summed E-state index contributed by atoms with van der Waals surface area (Å²) in [5.74, 6) is -1.34. The molecule has 0 radical (unpaired) electrons. The van der Waals surface area contributed by atoms with E-state index in [2.05, 4.69) is 5.32 Å². The van der Waals surface area contributed by atoms with Crippen molar-refractivity contribution in [1.82, 2.24) is 0 Å². The van der Waals surface area contributed by atoms with Gasteiger partial charge in [-0.05, 0) is 35.9 Å². The summed E-state index contributed by atoms with van der Waals surface area (Å²) in [6.45, 7) is 0. The monoisotopic (exact) mass is 442 g/mol. The van der Waals surface area contributed by atoms with E-state index >= 15 is 0 Å². The maximum Gasteiger partial charge on any atom is 0.416 e.